The summed E-state index contributed by atoms with van der Waals surface area (Å²) >= 11 is 0. The van der Waals surface area contributed by atoms with E-state index in [0.29, 0.717) is 10.9 Å². The van der Waals surface area contributed by atoms with Gasteiger partial charge in [-0.2, -0.15) is 0 Å². The fraction of sp³-hybridized carbons (Fsp3) is 0.0625. The van der Waals surface area contributed by atoms with Crippen LogP contribution in [0.25, 0.3) is 10.9 Å². The van der Waals surface area contributed by atoms with Gasteiger partial charge in [-0.15, -0.1) is 0 Å². The predicted octanol–water partition coefficient (Wildman–Crippen LogP) is 4.22. The van der Waals surface area contributed by atoms with E-state index in [9.17, 15) is 26.7 Å². The van der Waals surface area contributed by atoms with Gasteiger partial charge in [-0.3, -0.25) is 0 Å². The Labute approximate surface area is 131 Å². The summed E-state index contributed by atoms with van der Waals surface area (Å²) in [5, 5.41) is 0.500. The third kappa shape index (κ3) is 2.49. The molecule has 8 heteroatoms. The number of esters is 1. The molecule has 3 aromatic rings. The Kier molecular flexibility index (Phi) is 3.96. The number of aromatic amines is 1. The average molecular weight is 341 g/mol. The summed E-state index contributed by atoms with van der Waals surface area (Å²) in [4.78, 5) is 14.8. The van der Waals surface area contributed by atoms with Gasteiger partial charge in [-0.05, 0) is 6.07 Å². The number of benzene rings is 2. The molecule has 1 aromatic heterocycles. The molecule has 2 aromatic carbocycles. The quantitative estimate of drug-likeness (QED) is 0.335. The number of ether oxygens (including phenoxy) is 1. The number of H-pyrrole nitrogens is 1. The molecule has 124 valence electrons. The molecule has 0 amide bonds. The Morgan fingerprint density at radius 2 is 1.50 bits per heavy atom. The van der Waals surface area contributed by atoms with Gasteiger partial charge in [0, 0.05) is 17.1 Å². The summed E-state index contributed by atoms with van der Waals surface area (Å²) in [5.41, 5.74) is -0.505. The van der Waals surface area contributed by atoms with Gasteiger partial charge in [0.05, 0.1) is 11.1 Å². The topological polar surface area (TPSA) is 42.1 Å². The zero-order chi connectivity index (χ0) is 17.4. The van der Waals surface area contributed by atoms with Crippen molar-refractivity contribution in [2.24, 2.45) is 0 Å². The normalized spacial score (nSPS) is 11.0. The third-order valence-electron chi connectivity index (χ3n) is 3.46. The molecule has 0 bridgehead atoms. The fourth-order valence-corrected chi connectivity index (χ4v) is 2.23. The molecule has 1 N–H and O–H groups in total. The Balaban J connectivity index is 1.88. The summed E-state index contributed by atoms with van der Waals surface area (Å²) in [6.07, 6.45) is 1.32. The van der Waals surface area contributed by atoms with Gasteiger partial charge in [0.1, 0.15) is 6.61 Å². The lowest BCUT2D eigenvalue weighted by atomic mass is 10.1. The van der Waals surface area contributed by atoms with Gasteiger partial charge >= 0.3 is 5.97 Å². The first-order valence-corrected chi connectivity index (χ1v) is 6.65. The molecule has 3 nitrogen and oxygen atoms in total. The molecule has 0 aliphatic heterocycles. The second-order valence-corrected chi connectivity index (χ2v) is 4.87. The zero-order valence-electron chi connectivity index (χ0n) is 11.8. The van der Waals surface area contributed by atoms with Crippen LogP contribution in [0.15, 0.2) is 30.5 Å². The number of aromatic nitrogens is 1. The fourth-order valence-electron chi connectivity index (χ4n) is 2.23. The molecule has 0 spiro atoms. The van der Waals surface area contributed by atoms with Crippen LogP contribution in [0, 0.1) is 29.1 Å². The smallest absolute Gasteiger partial charge is 0.340 e. The molecule has 0 fully saturated rings. The molecule has 0 aliphatic carbocycles. The van der Waals surface area contributed by atoms with Crippen LogP contribution in [0.5, 0.6) is 0 Å². The number of nitrogens with one attached hydrogen (secondary N) is 1. The number of hydrogen-bond acceptors (Lipinski definition) is 2. The molecule has 0 atom stereocenters. The van der Waals surface area contributed by atoms with Crippen molar-refractivity contribution in [1.29, 1.82) is 0 Å². The van der Waals surface area contributed by atoms with Gasteiger partial charge in [0.15, 0.2) is 23.3 Å². The predicted molar refractivity (Wildman–Crippen MR) is 73.7 cm³/mol. The third-order valence-corrected chi connectivity index (χ3v) is 3.46. The lowest BCUT2D eigenvalue weighted by molar-refractivity contribution is 0.0464. The average Bonchev–Trinajstić information content (AvgIpc) is 3.02. The maximum Gasteiger partial charge on any atom is 0.340 e. The number of carbonyl (C=O) groups is 1. The minimum absolute atomic E-state index is 0.0782. The second-order valence-electron chi connectivity index (χ2n) is 4.87. The Morgan fingerprint density at radius 3 is 2.17 bits per heavy atom. The van der Waals surface area contributed by atoms with E-state index in [0.717, 1.165) is 0 Å². The molecule has 0 radical (unpaired) electrons. The Hall–Kier alpha value is -2.90. The van der Waals surface area contributed by atoms with E-state index in [4.69, 9.17) is 4.74 Å². The van der Waals surface area contributed by atoms with Crippen LogP contribution in [0.1, 0.15) is 15.9 Å². The van der Waals surface area contributed by atoms with Crippen LogP contribution >= 0.6 is 0 Å². The van der Waals surface area contributed by atoms with Crippen molar-refractivity contribution in [2.45, 2.75) is 6.61 Å². The number of halogens is 5. The van der Waals surface area contributed by atoms with Crippen molar-refractivity contribution >= 4 is 16.9 Å². The van der Waals surface area contributed by atoms with E-state index in [1.165, 1.54) is 6.20 Å². The molecule has 0 unspecified atom stereocenters. The summed E-state index contributed by atoms with van der Waals surface area (Å²) in [6, 6.07) is 6.69. The van der Waals surface area contributed by atoms with Crippen molar-refractivity contribution in [1.82, 2.24) is 4.98 Å². The first kappa shape index (κ1) is 16.0. The van der Waals surface area contributed by atoms with Gasteiger partial charge in [-0.1, -0.05) is 18.2 Å². The highest BCUT2D eigenvalue weighted by Crippen LogP contribution is 2.24. The standard InChI is InChI=1S/C16H8F5NO2/c17-11-9(12(18)14(20)15(21)13(11)19)6-24-16(23)8-5-22-10-4-2-1-3-7(8)10/h1-5,22H,6H2. The molecule has 0 aliphatic rings. The van der Waals surface area contributed by atoms with Gasteiger partial charge in [0.2, 0.25) is 5.82 Å². The van der Waals surface area contributed by atoms with Crippen molar-refractivity contribution in [3.8, 4) is 0 Å². The largest absolute Gasteiger partial charge is 0.457 e. The van der Waals surface area contributed by atoms with Gasteiger partial charge in [-0.25, -0.2) is 26.7 Å². The molecular formula is C16H8F5NO2. The van der Waals surface area contributed by atoms with Crippen molar-refractivity contribution in [3.05, 3.63) is 70.7 Å². The van der Waals surface area contributed by atoms with E-state index in [1.807, 2.05) is 0 Å². The summed E-state index contributed by atoms with van der Waals surface area (Å²) in [6.45, 7) is -1.09. The first-order valence-electron chi connectivity index (χ1n) is 6.65. The number of fused-ring (bicyclic) bond motifs is 1. The maximum absolute atomic E-state index is 13.5. The van der Waals surface area contributed by atoms with Crippen LogP contribution in [-0.2, 0) is 11.3 Å². The zero-order valence-corrected chi connectivity index (χ0v) is 11.8. The highest BCUT2D eigenvalue weighted by molar-refractivity contribution is 6.03. The van der Waals surface area contributed by atoms with E-state index >= 15 is 0 Å². The van der Waals surface area contributed by atoms with E-state index in [1.54, 1.807) is 24.3 Å². The molecule has 0 saturated carbocycles. The summed E-state index contributed by atoms with van der Waals surface area (Å²) in [7, 11) is 0. The minimum atomic E-state index is -2.27. The minimum Gasteiger partial charge on any atom is -0.457 e. The molecule has 0 saturated heterocycles. The van der Waals surface area contributed by atoms with E-state index in [-0.39, 0.29) is 5.56 Å². The lowest BCUT2D eigenvalue weighted by Gasteiger charge is -2.09. The van der Waals surface area contributed by atoms with Crippen LogP contribution in [-0.4, -0.2) is 11.0 Å². The van der Waals surface area contributed by atoms with Crippen molar-refractivity contribution in [2.75, 3.05) is 0 Å². The van der Waals surface area contributed by atoms with Crippen LogP contribution in [0.4, 0.5) is 22.0 Å². The van der Waals surface area contributed by atoms with Crippen LogP contribution in [0.2, 0.25) is 0 Å². The van der Waals surface area contributed by atoms with Crippen molar-refractivity contribution < 1.29 is 31.5 Å². The van der Waals surface area contributed by atoms with Crippen LogP contribution < -0.4 is 0 Å². The molecule has 1 heterocycles. The Morgan fingerprint density at radius 1 is 0.917 bits per heavy atom. The molecule has 24 heavy (non-hydrogen) atoms. The van der Waals surface area contributed by atoms with E-state index < -0.39 is 47.2 Å². The number of hydrogen-bond donors (Lipinski definition) is 1. The number of carbonyl (C=O) groups excluding carboxylic acids is 1. The monoisotopic (exact) mass is 341 g/mol. The number of rotatable bonds is 3. The first-order chi connectivity index (χ1) is 11.4. The van der Waals surface area contributed by atoms with E-state index in [2.05, 4.69) is 4.98 Å². The SMILES string of the molecule is O=C(OCc1c(F)c(F)c(F)c(F)c1F)c1c[nH]c2ccccc12. The van der Waals surface area contributed by atoms with Gasteiger partial charge in [0.25, 0.3) is 0 Å². The highest BCUT2D eigenvalue weighted by Gasteiger charge is 2.26. The molecule has 3 rings (SSSR count). The molecular weight excluding hydrogens is 333 g/mol. The lowest BCUT2D eigenvalue weighted by Crippen LogP contribution is -2.11. The second kappa shape index (κ2) is 5.95. The van der Waals surface area contributed by atoms with Crippen molar-refractivity contribution in [3.63, 3.8) is 0 Å². The number of para-hydroxylation sites is 1. The Bertz CT molecular complexity index is 922. The van der Waals surface area contributed by atoms with Gasteiger partial charge < -0.3 is 9.72 Å². The summed E-state index contributed by atoms with van der Waals surface area (Å²) in [5.74, 6) is -11.5. The maximum atomic E-state index is 13.5. The van der Waals surface area contributed by atoms with Crippen LogP contribution in [0.3, 0.4) is 0 Å². The summed E-state index contributed by atoms with van der Waals surface area (Å²) < 4.78 is 70.9. The highest BCUT2D eigenvalue weighted by atomic mass is 19.2.